The van der Waals surface area contributed by atoms with Gasteiger partial charge in [-0.2, -0.15) is 0 Å². The van der Waals surface area contributed by atoms with Crippen molar-refractivity contribution < 1.29 is 0 Å². The maximum Gasteiger partial charge on any atom is 0.0572 e. The van der Waals surface area contributed by atoms with Crippen LogP contribution in [-0.4, -0.2) is 24.6 Å². The fourth-order valence-corrected chi connectivity index (χ4v) is 3.18. The van der Waals surface area contributed by atoms with Gasteiger partial charge in [0.25, 0.3) is 0 Å². The SMILES string of the molecule is CCCNC(C)c1ccc(N2CC(C)CC(C)C2)cn1. The van der Waals surface area contributed by atoms with E-state index < -0.39 is 0 Å². The molecule has 0 radical (unpaired) electrons. The van der Waals surface area contributed by atoms with Gasteiger partial charge in [0.05, 0.1) is 17.6 Å². The van der Waals surface area contributed by atoms with Crippen molar-refractivity contribution in [1.29, 1.82) is 0 Å². The van der Waals surface area contributed by atoms with Crippen LogP contribution in [-0.2, 0) is 0 Å². The summed E-state index contributed by atoms with van der Waals surface area (Å²) in [7, 11) is 0. The van der Waals surface area contributed by atoms with Gasteiger partial charge in [0.2, 0.25) is 0 Å². The Morgan fingerprint density at radius 1 is 1.30 bits per heavy atom. The number of nitrogens with zero attached hydrogens (tertiary/aromatic N) is 2. The maximum absolute atomic E-state index is 4.65. The minimum absolute atomic E-state index is 0.336. The lowest BCUT2D eigenvalue weighted by atomic mass is 9.91. The molecule has 2 rings (SSSR count). The van der Waals surface area contributed by atoms with Crippen molar-refractivity contribution in [3.63, 3.8) is 0 Å². The molecular weight excluding hydrogens is 246 g/mol. The largest absolute Gasteiger partial charge is 0.370 e. The molecule has 1 aliphatic heterocycles. The van der Waals surface area contributed by atoms with E-state index in [2.05, 4.69) is 55.0 Å². The van der Waals surface area contributed by atoms with Gasteiger partial charge in [-0.25, -0.2) is 0 Å². The van der Waals surface area contributed by atoms with E-state index >= 15 is 0 Å². The van der Waals surface area contributed by atoms with Crippen molar-refractivity contribution >= 4 is 5.69 Å². The van der Waals surface area contributed by atoms with E-state index in [1.807, 2.05) is 6.20 Å². The quantitative estimate of drug-likeness (QED) is 0.889. The number of piperidine rings is 1. The summed E-state index contributed by atoms with van der Waals surface area (Å²) in [5.41, 5.74) is 2.41. The smallest absolute Gasteiger partial charge is 0.0572 e. The minimum Gasteiger partial charge on any atom is -0.370 e. The van der Waals surface area contributed by atoms with Crippen LogP contribution < -0.4 is 10.2 Å². The van der Waals surface area contributed by atoms with Gasteiger partial charge < -0.3 is 10.2 Å². The third-order valence-corrected chi connectivity index (χ3v) is 4.15. The Morgan fingerprint density at radius 3 is 2.55 bits per heavy atom. The Balaban J connectivity index is 2.00. The third kappa shape index (κ3) is 3.95. The Labute approximate surface area is 123 Å². The summed E-state index contributed by atoms with van der Waals surface area (Å²) in [6.07, 6.45) is 4.55. The molecular formula is C17H29N3. The summed E-state index contributed by atoms with van der Waals surface area (Å²) in [6.45, 7) is 12.4. The molecule has 20 heavy (non-hydrogen) atoms. The van der Waals surface area contributed by atoms with Crippen molar-refractivity contribution in [2.75, 3.05) is 24.5 Å². The monoisotopic (exact) mass is 275 g/mol. The molecule has 3 heteroatoms. The normalized spacial score (nSPS) is 24.7. The molecule has 112 valence electrons. The first-order chi connectivity index (χ1) is 9.60. The van der Waals surface area contributed by atoms with E-state index in [1.54, 1.807) is 0 Å². The Kier molecular flexibility index (Phi) is 5.41. The number of pyridine rings is 1. The van der Waals surface area contributed by atoms with Crippen LogP contribution in [0, 0.1) is 11.8 Å². The average molecular weight is 275 g/mol. The van der Waals surface area contributed by atoms with Crippen molar-refractivity contribution in [2.24, 2.45) is 11.8 Å². The zero-order valence-electron chi connectivity index (χ0n) is 13.4. The zero-order valence-corrected chi connectivity index (χ0v) is 13.4. The standard InChI is InChI=1S/C17H29N3/c1-5-8-18-15(4)17-7-6-16(10-19-17)20-11-13(2)9-14(3)12-20/h6-7,10,13-15,18H,5,8-9,11-12H2,1-4H3. The van der Waals surface area contributed by atoms with E-state index in [-0.39, 0.29) is 0 Å². The summed E-state index contributed by atoms with van der Waals surface area (Å²) < 4.78 is 0. The Bertz CT molecular complexity index is 391. The highest BCUT2D eigenvalue weighted by Gasteiger charge is 2.22. The fourth-order valence-electron chi connectivity index (χ4n) is 3.18. The molecule has 1 N–H and O–H groups in total. The first kappa shape index (κ1) is 15.3. The number of hydrogen-bond donors (Lipinski definition) is 1. The molecule has 0 spiro atoms. The Morgan fingerprint density at radius 2 is 2.00 bits per heavy atom. The van der Waals surface area contributed by atoms with Gasteiger partial charge in [-0.3, -0.25) is 4.98 Å². The predicted molar refractivity (Wildman–Crippen MR) is 86.1 cm³/mol. The number of nitrogens with one attached hydrogen (secondary N) is 1. The van der Waals surface area contributed by atoms with Gasteiger partial charge in [0.15, 0.2) is 0 Å². The van der Waals surface area contributed by atoms with Crippen LogP contribution in [0.1, 0.15) is 52.3 Å². The van der Waals surface area contributed by atoms with E-state index in [9.17, 15) is 0 Å². The second kappa shape index (κ2) is 7.07. The molecule has 1 aliphatic rings. The average Bonchev–Trinajstić information content (AvgIpc) is 2.44. The Hall–Kier alpha value is -1.09. The van der Waals surface area contributed by atoms with E-state index in [0.29, 0.717) is 6.04 Å². The molecule has 3 nitrogen and oxygen atoms in total. The minimum atomic E-state index is 0.336. The summed E-state index contributed by atoms with van der Waals surface area (Å²) in [5, 5.41) is 3.49. The molecule has 1 aromatic heterocycles. The lowest BCUT2D eigenvalue weighted by Gasteiger charge is -2.36. The van der Waals surface area contributed by atoms with Gasteiger partial charge in [-0.15, -0.1) is 0 Å². The first-order valence-electron chi connectivity index (χ1n) is 8.04. The van der Waals surface area contributed by atoms with Gasteiger partial charge in [-0.1, -0.05) is 20.8 Å². The van der Waals surface area contributed by atoms with E-state index in [0.717, 1.165) is 43.6 Å². The van der Waals surface area contributed by atoms with Crippen LogP contribution in [0.15, 0.2) is 18.3 Å². The first-order valence-corrected chi connectivity index (χ1v) is 8.04. The molecule has 1 aromatic rings. The number of rotatable bonds is 5. The molecule has 1 fully saturated rings. The second-order valence-corrected chi connectivity index (χ2v) is 6.47. The highest BCUT2D eigenvalue weighted by atomic mass is 15.1. The second-order valence-electron chi connectivity index (χ2n) is 6.47. The van der Waals surface area contributed by atoms with Crippen LogP contribution in [0.25, 0.3) is 0 Å². The molecule has 2 heterocycles. The summed E-state index contributed by atoms with van der Waals surface area (Å²) >= 11 is 0. The number of hydrogen-bond acceptors (Lipinski definition) is 3. The molecule has 0 bridgehead atoms. The summed E-state index contributed by atoms with van der Waals surface area (Å²) in [6, 6.07) is 4.74. The summed E-state index contributed by atoms with van der Waals surface area (Å²) in [5.74, 6) is 1.56. The lowest BCUT2D eigenvalue weighted by molar-refractivity contribution is 0.356. The van der Waals surface area contributed by atoms with Crippen molar-refractivity contribution in [1.82, 2.24) is 10.3 Å². The topological polar surface area (TPSA) is 28.2 Å². The third-order valence-electron chi connectivity index (χ3n) is 4.15. The van der Waals surface area contributed by atoms with Gasteiger partial charge >= 0.3 is 0 Å². The van der Waals surface area contributed by atoms with Crippen LogP contribution >= 0.6 is 0 Å². The highest BCUT2D eigenvalue weighted by Crippen LogP contribution is 2.26. The number of anilines is 1. The van der Waals surface area contributed by atoms with E-state index in [4.69, 9.17) is 0 Å². The maximum atomic E-state index is 4.65. The van der Waals surface area contributed by atoms with Gasteiger partial charge in [-0.05, 0) is 50.3 Å². The van der Waals surface area contributed by atoms with Crippen LogP contribution in [0.2, 0.25) is 0 Å². The lowest BCUT2D eigenvalue weighted by Crippen LogP contribution is -2.38. The molecule has 0 aromatic carbocycles. The molecule has 0 amide bonds. The summed E-state index contributed by atoms with van der Waals surface area (Å²) in [4.78, 5) is 7.14. The van der Waals surface area contributed by atoms with Crippen molar-refractivity contribution in [3.8, 4) is 0 Å². The molecule has 0 saturated carbocycles. The van der Waals surface area contributed by atoms with Gasteiger partial charge in [0.1, 0.15) is 0 Å². The fraction of sp³-hybridized carbons (Fsp3) is 0.706. The zero-order chi connectivity index (χ0) is 14.5. The van der Waals surface area contributed by atoms with E-state index in [1.165, 1.54) is 12.1 Å². The van der Waals surface area contributed by atoms with Crippen LogP contribution in [0.5, 0.6) is 0 Å². The van der Waals surface area contributed by atoms with Crippen molar-refractivity contribution in [2.45, 2.75) is 46.6 Å². The predicted octanol–water partition coefficient (Wildman–Crippen LogP) is 3.62. The molecule has 0 aliphatic carbocycles. The molecule has 3 unspecified atom stereocenters. The molecule has 1 saturated heterocycles. The highest BCUT2D eigenvalue weighted by molar-refractivity contribution is 5.45. The van der Waals surface area contributed by atoms with Crippen LogP contribution in [0.3, 0.4) is 0 Å². The molecule has 3 atom stereocenters. The number of aromatic nitrogens is 1. The van der Waals surface area contributed by atoms with Crippen LogP contribution in [0.4, 0.5) is 5.69 Å². The van der Waals surface area contributed by atoms with Crippen molar-refractivity contribution in [3.05, 3.63) is 24.0 Å². The van der Waals surface area contributed by atoms with Gasteiger partial charge in [0, 0.05) is 19.1 Å².